The monoisotopic (exact) mass is 286 g/mol. The van der Waals surface area contributed by atoms with Crippen LogP contribution in [0.1, 0.15) is 96.8 Å². The molecular formula is C17H34OS. The lowest BCUT2D eigenvalue weighted by molar-refractivity contribution is -0.111. The number of hydrogen-bond acceptors (Lipinski definition) is 2. The van der Waals surface area contributed by atoms with E-state index in [4.69, 9.17) is 0 Å². The molecule has 0 aliphatic rings. The molecule has 0 amide bonds. The molecule has 0 aromatic carbocycles. The first-order valence-electron chi connectivity index (χ1n) is 8.38. The van der Waals surface area contributed by atoms with E-state index in [1.807, 2.05) is 6.26 Å². The first-order valence-corrected chi connectivity index (χ1v) is 9.60. The minimum absolute atomic E-state index is 0.350. The molecule has 0 heterocycles. The van der Waals surface area contributed by atoms with Crippen LogP contribution >= 0.6 is 11.8 Å². The number of thioether (sulfide) groups is 1. The standard InChI is InChI=1S/C17H34OS/c1-3-4-5-6-7-8-9-10-11-12-13-14-15-16-17(18)19-2/h3-16H2,1-2H3. The zero-order valence-electron chi connectivity index (χ0n) is 13.2. The van der Waals surface area contributed by atoms with E-state index in [0.29, 0.717) is 5.12 Å². The molecule has 114 valence electrons. The number of unbranched alkanes of at least 4 members (excludes halogenated alkanes) is 12. The Bertz CT molecular complexity index is 192. The van der Waals surface area contributed by atoms with Crippen LogP contribution in [0.25, 0.3) is 0 Å². The lowest BCUT2D eigenvalue weighted by Crippen LogP contribution is -1.89. The topological polar surface area (TPSA) is 17.1 Å². The molecular weight excluding hydrogens is 252 g/mol. The van der Waals surface area contributed by atoms with E-state index in [0.717, 1.165) is 12.8 Å². The van der Waals surface area contributed by atoms with E-state index in [1.165, 1.54) is 88.8 Å². The van der Waals surface area contributed by atoms with Crippen molar-refractivity contribution in [3.8, 4) is 0 Å². The summed E-state index contributed by atoms with van der Waals surface area (Å²) in [5.41, 5.74) is 0. The van der Waals surface area contributed by atoms with Crippen molar-refractivity contribution in [2.24, 2.45) is 0 Å². The molecule has 19 heavy (non-hydrogen) atoms. The lowest BCUT2D eigenvalue weighted by atomic mass is 10.0. The van der Waals surface area contributed by atoms with Gasteiger partial charge in [-0.25, -0.2) is 0 Å². The number of carbonyl (C=O) groups is 1. The van der Waals surface area contributed by atoms with Gasteiger partial charge in [-0.05, 0) is 12.7 Å². The van der Waals surface area contributed by atoms with E-state index in [2.05, 4.69) is 6.92 Å². The van der Waals surface area contributed by atoms with Crippen LogP contribution < -0.4 is 0 Å². The van der Waals surface area contributed by atoms with E-state index in [-0.39, 0.29) is 0 Å². The van der Waals surface area contributed by atoms with Gasteiger partial charge in [0.1, 0.15) is 0 Å². The van der Waals surface area contributed by atoms with Crippen molar-refractivity contribution in [1.29, 1.82) is 0 Å². The van der Waals surface area contributed by atoms with Gasteiger partial charge in [0.2, 0.25) is 0 Å². The highest BCUT2D eigenvalue weighted by atomic mass is 32.2. The van der Waals surface area contributed by atoms with Crippen LogP contribution in [0.5, 0.6) is 0 Å². The fourth-order valence-corrected chi connectivity index (χ4v) is 2.74. The molecule has 0 N–H and O–H groups in total. The van der Waals surface area contributed by atoms with Crippen molar-refractivity contribution in [2.45, 2.75) is 96.8 Å². The average molecular weight is 287 g/mol. The van der Waals surface area contributed by atoms with Crippen LogP contribution in [-0.4, -0.2) is 11.4 Å². The summed E-state index contributed by atoms with van der Waals surface area (Å²) in [5, 5.41) is 0.350. The maximum absolute atomic E-state index is 11.1. The number of hydrogen-bond donors (Lipinski definition) is 0. The summed E-state index contributed by atoms with van der Waals surface area (Å²) in [7, 11) is 0. The Morgan fingerprint density at radius 2 is 1.05 bits per heavy atom. The minimum Gasteiger partial charge on any atom is -0.287 e. The van der Waals surface area contributed by atoms with Crippen molar-refractivity contribution in [1.82, 2.24) is 0 Å². The third kappa shape index (κ3) is 16.0. The molecule has 0 saturated carbocycles. The molecule has 0 radical (unpaired) electrons. The van der Waals surface area contributed by atoms with E-state index in [1.54, 1.807) is 0 Å². The maximum atomic E-state index is 11.1. The van der Waals surface area contributed by atoms with Gasteiger partial charge in [-0.15, -0.1) is 0 Å². The van der Waals surface area contributed by atoms with Gasteiger partial charge in [0.25, 0.3) is 0 Å². The molecule has 0 spiro atoms. The van der Waals surface area contributed by atoms with Gasteiger partial charge in [-0.2, -0.15) is 0 Å². The maximum Gasteiger partial charge on any atom is 0.188 e. The highest BCUT2D eigenvalue weighted by molar-refractivity contribution is 8.13. The molecule has 0 aliphatic heterocycles. The summed E-state index contributed by atoms with van der Waals surface area (Å²) in [4.78, 5) is 11.1. The van der Waals surface area contributed by atoms with Gasteiger partial charge in [0.15, 0.2) is 5.12 Å². The van der Waals surface area contributed by atoms with Crippen LogP contribution in [0, 0.1) is 0 Å². The Hall–Kier alpha value is 0.0200. The molecule has 0 fully saturated rings. The van der Waals surface area contributed by atoms with Crippen molar-refractivity contribution in [3.63, 3.8) is 0 Å². The van der Waals surface area contributed by atoms with Crippen LogP contribution in [0.4, 0.5) is 0 Å². The van der Waals surface area contributed by atoms with Gasteiger partial charge in [0, 0.05) is 6.42 Å². The zero-order chi connectivity index (χ0) is 14.2. The van der Waals surface area contributed by atoms with Gasteiger partial charge < -0.3 is 0 Å². The van der Waals surface area contributed by atoms with Crippen LogP contribution in [0.15, 0.2) is 0 Å². The first-order chi connectivity index (χ1) is 9.31. The van der Waals surface area contributed by atoms with E-state index < -0.39 is 0 Å². The second kappa shape index (κ2) is 16.1. The fourth-order valence-electron chi connectivity index (χ4n) is 2.39. The molecule has 0 unspecified atom stereocenters. The average Bonchev–Trinajstić information content (AvgIpc) is 2.43. The highest BCUT2D eigenvalue weighted by Gasteiger charge is 1.98. The zero-order valence-corrected chi connectivity index (χ0v) is 14.0. The van der Waals surface area contributed by atoms with Gasteiger partial charge in [-0.1, -0.05) is 95.7 Å². The van der Waals surface area contributed by atoms with Crippen molar-refractivity contribution < 1.29 is 4.79 Å². The molecule has 0 aliphatic carbocycles. The molecule has 0 atom stereocenters. The van der Waals surface area contributed by atoms with Gasteiger partial charge >= 0.3 is 0 Å². The number of rotatable bonds is 14. The molecule has 0 aromatic heterocycles. The van der Waals surface area contributed by atoms with E-state index in [9.17, 15) is 4.79 Å². The summed E-state index contributed by atoms with van der Waals surface area (Å²) in [6, 6.07) is 0. The third-order valence-corrected chi connectivity index (χ3v) is 4.37. The van der Waals surface area contributed by atoms with Crippen LogP contribution in [0.3, 0.4) is 0 Å². The molecule has 1 nitrogen and oxygen atoms in total. The Morgan fingerprint density at radius 1 is 0.684 bits per heavy atom. The summed E-state index contributed by atoms with van der Waals surface area (Å²) in [6.45, 7) is 2.27. The van der Waals surface area contributed by atoms with Crippen molar-refractivity contribution >= 4 is 16.9 Å². The largest absolute Gasteiger partial charge is 0.287 e. The molecule has 2 heteroatoms. The summed E-state index contributed by atoms with van der Waals surface area (Å²) >= 11 is 1.37. The SMILES string of the molecule is CCCCCCCCCCCCCCCC(=O)SC. The van der Waals surface area contributed by atoms with Gasteiger partial charge in [0.05, 0.1) is 0 Å². The number of carbonyl (C=O) groups excluding carboxylic acids is 1. The molecule has 0 bridgehead atoms. The summed E-state index contributed by atoms with van der Waals surface area (Å²) < 4.78 is 0. The molecule has 0 saturated heterocycles. The van der Waals surface area contributed by atoms with Gasteiger partial charge in [-0.3, -0.25) is 4.79 Å². The fraction of sp³-hybridized carbons (Fsp3) is 0.941. The Kier molecular flexibility index (Phi) is 16.1. The predicted molar refractivity (Wildman–Crippen MR) is 88.8 cm³/mol. The Labute approximate surface area is 125 Å². The third-order valence-electron chi connectivity index (χ3n) is 3.71. The first kappa shape index (κ1) is 19.0. The molecule has 0 aromatic rings. The summed E-state index contributed by atoms with van der Waals surface area (Å²) in [5.74, 6) is 0. The highest BCUT2D eigenvalue weighted by Crippen LogP contribution is 2.13. The molecule has 0 rings (SSSR count). The van der Waals surface area contributed by atoms with E-state index >= 15 is 0 Å². The van der Waals surface area contributed by atoms with Crippen LogP contribution in [-0.2, 0) is 4.79 Å². The second-order valence-electron chi connectivity index (χ2n) is 5.57. The quantitative estimate of drug-likeness (QED) is 0.346. The second-order valence-corrected chi connectivity index (χ2v) is 6.43. The normalized spacial score (nSPS) is 10.8. The van der Waals surface area contributed by atoms with Crippen LogP contribution in [0.2, 0.25) is 0 Å². The van der Waals surface area contributed by atoms with Crippen molar-refractivity contribution in [2.75, 3.05) is 6.26 Å². The minimum atomic E-state index is 0.350. The summed E-state index contributed by atoms with van der Waals surface area (Å²) in [6.07, 6.45) is 20.4. The smallest absolute Gasteiger partial charge is 0.188 e. The Balaban J connectivity index is 2.97. The Morgan fingerprint density at radius 3 is 1.42 bits per heavy atom. The van der Waals surface area contributed by atoms with Crippen molar-refractivity contribution in [3.05, 3.63) is 0 Å². The lowest BCUT2D eigenvalue weighted by Gasteiger charge is -2.02. The predicted octanol–water partition coefficient (Wildman–Crippen LogP) is 6.36.